The van der Waals surface area contributed by atoms with Crippen LogP contribution >= 0.6 is 0 Å². The number of carbonyl (C=O) groups is 2. The van der Waals surface area contributed by atoms with Gasteiger partial charge in [-0.05, 0) is 98.8 Å². The molecule has 0 fully saturated rings. The van der Waals surface area contributed by atoms with Crippen LogP contribution in [0.5, 0.6) is 0 Å². The van der Waals surface area contributed by atoms with Crippen molar-refractivity contribution in [2.24, 2.45) is 5.41 Å². The average molecular weight is 675 g/mol. The van der Waals surface area contributed by atoms with Crippen LogP contribution in [-0.4, -0.2) is 11.6 Å². The first-order chi connectivity index (χ1) is 25.0. The van der Waals surface area contributed by atoms with Crippen molar-refractivity contribution in [1.29, 1.82) is 0 Å². The summed E-state index contributed by atoms with van der Waals surface area (Å²) in [6.07, 6.45) is 9.43. The van der Waals surface area contributed by atoms with Gasteiger partial charge in [0.1, 0.15) is 0 Å². The fraction of sp³-hybridized carbons (Fsp3) is 0.200. The Morgan fingerprint density at radius 2 is 1.04 bits per heavy atom. The summed E-state index contributed by atoms with van der Waals surface area (Å²) >= 11 is 0. The lowest BCUT2D eigenvalue weighted by atomic mass is 9.69. The van der Waals surface area contributed by atoms with Gasteiger partial charge in [0.05, 0.1) is 5.41 Å². The minimum absolute atomic E-state index is 0.0525. The van der Waals surface area contributed by atoms with Crippen molar-refractivity contribution in [1.82, 2.24) is 0 Å². The fourth-order valence-corrected chi connectivity index (χ4v) is 9.53. The minimum atomic E-state index is -0.685. The van der Waals surface area contributed by atoms with E-state index in [2.05, 4.69) is 157 Å². The van der Waals surface area contributed by atoms with E-state index in [1.807, 2.05) is 18.2 Å². The van der Waals surface area contributed by atoms with E-state index >= 15 is 0 Å². The van der Waals surface area contributed by atoms with Crippen LogP contribution in [0, 0.1) is 5.41 Å². The zero-order valence-corrected chi connectivity index (χ0v) is 30.7. The summed E-state index contributed by atoms with van der Waals surface area (Å²) in [6.45, 7) is 12.9. The Hall–Kier alpha value is -5.60. The molecule has 0 amide bonds. The summed E-state index contributed by atoms with van der Waals surface area (Å²) < 4.78 is 0. The monoisotopic (exact) mass is 674 g/mol. The van der Waals surface area contributed by atoms with Crippen LogP contribution < -0.4 is 0 Å². The Morgan fingerprint density at radius 1 is 0.558 bits per heavy atom. The number of ketones is 2. The molecular weight excluding hydrogens is 633 g/mol. The van der Waals surface area contributed by atoms with Crippen LogP contribution in [0.3, 0.4) is 0 Å². The number of hydrogen-bond donors (Lipinski definition) is 0. The SMILES string of the molecule is CCC=CC1=C(C)C(C)(C)C(C(=O)c2ccc3c(c2)C2(c4ccccc4-3)c3ccccc3-c3ccc(C(=O)C4=Cc5ccccc5C4(C)C)cc32)=C1. The quantitative estimate of drug-likeness (QED) is 0.165. The van der Waals surface area contributed by atoms with Crippen molar-refractivity contribution in [3.05, 3.63) is 194 Å². The molecule has 0 aromatic heterocycles. The molecule has 254 valence electrons. The lowest BCUT2D eigenvalue weighted by molar-refractivity contribution is 0.101. The first kappa shape index (κ1) is 32.3. The largest absolute Gasteiger partial charge is 0.289 e. The number of fused-ring (bicyclic) bond motifs is 11. The molecule has 0 heterocycles. The maximum atomic E-state index is 14.7. The van der Waals surface area contributed by atoms with Crippen molar-refractivity contribution in [2.45, 2.75) is 58.8 Å². The molecule has 0 radical (unpaired) electrons. The number of carbonyl (C=O) groups excluding carboxylic acids is 2. The van der Waals surface area contributed by atoms with Crippen LogP contribution in [-0.2, 0) is 10.8 Å². The second-order valence-corrected chi connectivity index (χ2v) is 15.9. The van der Waals surface area contributed by atoms with Gasteiger partial charge in [-0.3, -0.25) is 9.59 Å². The molecule has 1 atom stereocenters. The molecule has 0 aliphatic heterocycles. The third-order valence-corrected chi connectivity index (χ3v) is 12.6. The molecule has 0 saturated carbocycles. The number of allylic oxidation sites excluding steroid dienone is 7. The Morgan fingerprint density at radius 3 is 1.58 bits per heavy atom. The molecular formula is C50H42O2. The summed E-state index contributed by atoms with van der Waals surface area (Å²) in [5, 5.41) is 0. The van der Waals surface area contributed by atoms with E-state index < -0.39 is 10.8 Å². The van der Waals surface area contributed by atoms with Crippen molar-refractivity contribution in [2.75, 3.05) is 0 Å². The first-order valence-electron chi connectivity index (χ1n) is 18.5. The molecule has 2 nitrogen and oxygen atoms in total. The maximum Gasteiger partial charge on any atom is 0.189 e. The summed E-state index contributed by atoms with van der Waals surface area (Å²) in [4.78, 5) is 29.3. The van der Waals surface area contributed by atoms with E-state index in [4.69, 9.17) is 0 Å². The number of benzene rings is 5. The highest BCUT2D eigenvalue weighted by Crippen LogP contribution is 2.63. The van der Waals surface area contributed by atoms with Crippen molar-refractivity contribution < 1.29 is 9.59 Å². The number of hydrogen-bond acceptors (Lipinski definition) is 2. The molecule has 2 heteroatoms. The van der Waals surface area contributed by atoms with Crippen LogP contribution in [0.2, 0.25) is 0 Å². The third-order valence-electron chi connectivity index (χ3n) is 12.6. The van der Waals surface area contributed by atoms with Gasteiger partial charge in [-0.1, -0.05) is 149 Å². The van der Waals surface area contributed by atoms with Crippen molar-refractivity contribution >= 4 is 17.6 Å². The van der Waals surface area contributed by atoms with Crippen LogP contribution in [0.4, 0.5) is 0 Å². The van der Waals surface area contributed by atoms with E-state index in [-0.39, 0.29) is 17.0 Å². The molecule has 0 N–H and O–H groups in total. The van der Waals surface area contributed by atoms with Gasteiger partial charge in [0, 0.05) is 33.1 Å². The Labute approximate surface area is 306 Å². The van der Waals surface area contributed by atoms with Gasteiger partial charge in [-0.15, -0.1) is 0 Å². The van der Waals surface area contributed by atoms with E-state index in [9.17, 15) is 9.59 Å². The van der Waals surface area contributed by atoms with Crippen molar-refractivity contribution in [3.63, 3.8) is 0 Å². The van der Waals surface area contributed by atoms with Crippen LogP contribution in [0.15, 0.2) is 150 Å². The third kappa shape index (κ3) is 4.18. The molecule has 9 rings (SSSR count). The highest BCUT2D eigenvalue weighted by Gasteiger charge is 2.52. The highest BCUT2D eigenvalue weighted by atomic mass is 16.1. The molecule has 4 aliphatic rings. The van der Waals surface area contributed by atoms with Gasteiger partial charge in [-0.25, -0.2) is 0 Å². The highest BCUT2D eigenvalue weighted by molar-refractivity contribution is 6.15. The van der Waals surface area contributed by atoms with Crippen LogP contribution in [0.1, 0.15) is 102 Å². The summed E-state index contributed by atoms with van der Waals surface area (Å²) in [7, 11) is 0. The zero-order chi connectivity index (χ0) is 36.2. The lowest BCUT2D eigenvalue weighted by Gasteiger charge is -2.31. The van der Waals surface area contributed by atoms with Gasteiger partial charge in [-0.2, -0.15) is 0 Å². The molecule has 5 aromatic rings. The van der Waals surface area contributed by atoms with E-state index in [0.29, 0.717) is 11.1 Å². The lowest BCUT2D eigenvalue weighted by Crippen LogP contribution is -2.27. The predicted octanol–water partition coefficient (Wildman–Crippen LogP) is 12.0. The Bertz CT molecular complexity index is 2530. The second-order valence-electron chi connectivity index (χ2n) is 15.9. The number of rotatable bonds is 6. The molecule has 0 saturated heterocycles. The van der Waals surface area contributed by atoms with E-state index in [0.717, 1.165) is 62.1 Å². The Kier molecular flexibility index (Phi) is 6.96. The van der Waals surface area contributed by atoms with Gasteiger partial charge in [0.15, 0.2) is 11.6 Å². The Balaban J connectivity index is 1.24. The van der Waals surface area contributed by atoms with Gasteiger partial charge in [0.25, 0.3) is 0 Å². The number of Topliss-reactive ketones (excluding diaryl/α,β-unsaturated/α-hetero) is 2. The summed E-state index contributed by atoms with van der Waals surface area (Å²) in [6, 6.07) is 38.2. The fourth-order valence-electron chi connectivity index (χ4n) is 9.53. The molecule has 0 bridgehead atoms. The smallest absolute Gasteiger partial charge is 0.189 e. The first-order valence-corrected chi connectivity index (χ1v) is 18.5. The minimum Gasteiger partial charge on any atom is -0.289 e. The van der Waals surface area contributed by atoms with E-state index in [1.165, 1.54) is 22.3 Å². The predicted molar refractivity (Wildman–Crippen MR) is 213 cm³/mol. The van der Waals surface area contributed by atoms with Gasteiger partial charge in [0.2, 0.25) is 0 Å². The summed E-state index contributed by atoms with van der Waals surface area (Å²) in [5.41, 5.74) is 15.3. The van der Waals surface area contributed by atoms with E-state index in [1.54, 1.807) is 0 Å². The van der Waals surface area contributed by atoms with Gasteiger partial charge < -0.3 is 0 Å². The normalized spacial score (nSPS) is 19.7. The molecule has 52 heavy (non-hydrogen) atoms. The molecule has 5 aromatic carbocycles. The van der Waals surface area contributed by atoms with Gasteiger partial charge >= 0.3 is 0 Å². The van der Waals surface area contributed by atoms with Crippen LogP contribution in [0.25, 0.3) is 28.3 Å². The zero-order valence-electron chi connectivity index (χ0n) is 30.7. The molecule has 4 aliphatic carbocycles. The standard InChI is InChI=1S/C50H42O2/c1-7-8-15-31-26-44(48(3,4)30(31)2)46(51)33-22-24-37-35-17-10-13-20-40(35)50(42(37)28-33)41-21-14-11-18-36(41)38-25-23-34(29-43(38)50)47(52)45-27-32-16-9-12-19-39(32)49(45,5)6/h8-29H,7H2,1-6H3. The average Bonchev–Trinajstić information content (AvgIpc) is 3.80. The second kappa shape index (κ2) is 11.2. The van der Waals surface area contributed by atoms with Crippen molar-refractivity contribution in [3.8, 4) is 22.3 Å². The molecule has 1 unspecified atom stereocenters. The molecule has 1 spiro atoms. The maximum absolute atomic E-state index is 14.7. The topological polar surface area (TPSA) is 34.1 Å². The summed E-state index contributed by atoms with van der Waals surface area (Å²) in [5.74, 6) is 0.111.